The first-order chi connectivity index (χ1) is 3.30. The molecule has 0 amide bonds. The van der Waals surface area contributed by atoms with Gasteiger partial charge in [0.05, 0.1) is 6.61 Å². The van der Waals surface area contributed by atoms with E-state index in [4.69, 9.17) is 4.74 Å². The van der Waals surface area contributed by atoms with Crippen LogP contribution in [0.25, 0.3) is 0 Å². The van der Waals surface area contributed by atoms with Crippen LogP contribution in [-0.4, -0.2) is 6.61 Å². The Bertz CT molecular complexity index is 94.6. The molecule has 1 aliphatic heterocycles. The molecule has 0 unspecified atom stereocenters. The lowest BCUT2D eigenvalue weighted by Gasteiger charge is -1.89. The van der Waals surface area contributed by atoms with Crippen LogP contribution >= 0.6 is 12.6 Å². The molecule has 40 valence electrons. The molecule has 1 rings (SSSR count). The molecule has 0 N–H and O–H groups in total. The molecule has 0 aromatic rings. The predicted octanol–water partition coefficient (Wildman–Crippen LogP) is 1.57. The van der Waals surface area contributed by atoms with Gasteiger partial charge in [-0.25, -0.2) is 0 Å². The van der Waals surface area contributed by atoms with E-state index in [1.165, 1.54) is 5.57 Å². The van der Waals surface area contributed by atoms with Gasteiger partial charge < -0.3 is 4.74 Å². The molecule has 1 aliphatic rings. The second-order valence-electron chi connectivity index (χ2n) is 1.68. The van der Waals surface area contributed by atoms with Gasteiger partial charge in [0.15, 0.2) is 0 Å². The van der Waals surface area contributed by atoms with Crippen LogP contribution in [-0.2, 0) is 4.74 Å². The van der Waals surface area contributed by atoms with Crippen LogP contribution in [0.5, 0.6) is 0 Å². The number of hydrogen-bond acceptors (Lipinski definition) is 2. The van der Waals surface area contributed by atoms with Crippen molar-refractivity contribution in [3.63, 3.8) is 0 Å². The van der Waals surface area contributed by atoms with E-state index in [1.807, 2.05) is 6.92 Å². The first kappa shape index (κ1) is 5.04. The summed E-state index contributed by atoms with van der Waals surface area (Å²) in [5.41, 5.74) is 1.27. The van der Waals surface area contributed by atoms with Crippen molar-refractivity contribution in [2.75, 3.05) is 6.61 Å². The summed E-state index contributed by atoms with van der Waals surface area (Å²) in [5, 5.41) is 0.819. The highest BCUT2D eigenvalue weighted by molar-refractivity contribution is 7.84. The zero-order valence-corrected chi connectivity index (χ0v) is 5.16. The molecule has 0 saturated carbocycles. The van der Waals surface area contributed by atoms with E-state index in [0.717, 1.165) is 18.1 Å². The summed E-state index contributed by atoms with van der Waals surface area (Å²) in [4.78, 5) is 0. The van der Waals surface area contributed by atoms with Gasteiger partial charge in [0.2, 0.25) is 0 Å². The second-order valence-corrected chi connectivity index (χ2v) is 2.09. The van der Waals surface area contributed by atoms with Crippen LogP contribution in [0.1, 0.15) is 13.3 Å². The minimum absolute atomic E-state index is 0.819. The number of ether oxygens (including phenoxy) is 1. The van der Waals surface area contributed by atoms with Gasteiger partial charge in [-0.2, -0.15) is 0 Å². The molecule has 0 saturated heterocycles. The summed E-state index contributed by atoms with van der Waals surface area (Å²) >= 11 is 4.04. The third-order valence-corrected chi connectivity index (χ3v) is 1.59. The van der Waals surface area contributed by atoms with Gasteiger partial charge in [-0.1, -0.05) is 0 Å². The highest BCUT2D eigenvalue weighted by Gasteiger charge is 2.05. The summed E-state index contributed by atoms with van der Waals surface area (Å²) in [6.45, 7) is 2.86. The molecule has 0 bridgehead atoms. The molecule has 2 heteroatoms. The Morgan fingerprint density at radius 1 is 1.71 bits per heavy atom. The molecule has 1 heterocycles. The van der Waals surface area contributed by atoms with Crippen molar-refractivity contribution in [1.82, 2.24) is 0 Å². The van der Waals surface area contributed by atoms with Gasteiger partial charge in [-0.3, -0.25) is 0 Å². The smallest absolute Gasteiger partial charge is 0.149 e. The van der Waals surface area contributed by atoms with E-state index in [1.54, 1.807) is 0 Å². The van der Waals surface area contributed by atoms with Crippen molar-refractivity contribution < 1.29 is 4.74 Å². The normalized spacial score (nSPS) is 20.3. The zero-order chi connectivity index (χ0) is 5.28. The van der Waals surface area contributed by atoms with Gasteiger partial charge in [0, 0.05) is 6.42 Å². The zero-order valence-electron chi connectivity index (χ0n) is 4.27. The van der Waals surface area contributed by atoms with Gasteiger partial charge in [0.25, 0.3) is 0 Å². The molecule has 0 aliphatic carbocycles. The standard InChI is InChI=1S/C5H8OS/c1-4-2-3-6-5(4)7/h7H,2-3H2,1H3. The molecule has 0 spiro atoms. The lowest BCUT2D eigenvalue weighted by atomic mass is 10.3. The van der Waals surface area contributed by atoms with E-state index < -0.39 is 0 Å². The Morgan fingerprint density at radius 2 is 2.43 bits per heavy atom. The molecule has 0 radical (unpaired) electrons. The van der Waals surface area contributed by atoms with E-state index in [-0.39, 0.29) is 0 Å². The molecule has 7 heavy (non-hydrogen) atoms. The average molecular weight is 116 g/mol. The van der Waals surface area contributed by atoms with Gasteiger partial charge in [0.1, 0.15) is 5.09 Å². The molecule has 1 nitrogen and oxygen atoms in total. The van der Waals surface area contributed by atoms with Crippen molar-refractivity contribution in [3.8, 4) is 0 Å². The fourth-order valence-electron chi connectivity index (χ4n) is 0.531. The van der Waals surface area contributed by atoms with Crippen LogP contribution in [0, 0.1) is 0 Å². The van der Waals surface area contributed by atoms with E-state index in [9.17, 15) is 0 Å². The van der Waals surface area contributed by atoms with Crippen LogP contribution in [0.3, 0.4) is 0 Å². The lowest BCUT2D eigenvalue weighted by molar-refractivity contribution is 0.272. The molecule has 0 fully saturated rings. The first-order valence-electron chi connectivity index (χ1n) is 2.32. The number of hydrogen-bond donors (Lipinski definition) is 1. The van der Waals surface area contributed by atoms with E-state index in [0.29, 0.717) is 0 Å². The maximum absolute atomic E-state index is 5.01. The van der Waals surface area contributed by atoms with Crippen molar-refractivity contribution in [1.29, 1.82) is 0 Å². The highest BCUT2D eigenvalue weighted by Crippen LogP contribution is 2.20. The Balaban J connectivity index is 2.64. The van der Waals surface area contributed by atoms with E-state index >= 15 is 0 Å². The Kier molecular flexibility index (Phi) is 1.28. The second kappa shape index (κ2) is 1.78. The highest BCUT2D eigenvalue weighted by atomic mass is 32.1. The van der Waals surface area contributed by atoms with Crippen LogP contribution in [0.2, 0.25) is 0 Å². The minimum Gasteiger partial charge on any atom is -0.487 e. The maximum Gasteiger partial charge on any atom is 0.149 e. The molecular formula is C5H8OS. The van der Waals surface area contributed by atoms with Gasteiger partial charge in [-0.15, -0.1) is 12.6 Å². The fraction of sp³-hybridized carbons (Fsp3) is 0.600. The summed E-state index contributed by atoms with van der Waals surface area (Å²) in [7, 11) is 0. The lowest BCUT2D eigenvalue weighted by Crippen LogP contribution is -1.74. The average Bonchev–Trinajstić information content (AvgIpc) is 1.91. The van der Waals surface area contributed by atoms with Gasteiger partial charge >= 0.3 is 0 Å². The molecule has 0 atom stereocenters. The summed E-state index contributed by atoms with van der Waals surface area (Å²) in [6, 6.07) is 0. The van der Waals surface area contributed by atoms with E-state index in [2.05, 4.69) is 12.6 Å². The van der Waals surface area contributed by atoms with Crippen molar-refractivity contribution in [3.05, 3.63) is 10.7 Å². The summed E-state index contributed by atoms with van der Waals surface area (Å²) in [6.07, 6.45) is 1.05. The fourth-order valence-corrected chi connectivity index (χ4v) is 0.734. The van der Waals surface area contributed by atoms with Crippen molar-refractivity contribution in [2.24, 2.45) is 0 Å². The topological polar surface area (TPSA) is 9.23 Å². The van der Waals surface area contributed by atoms with Crippen LogP contribution < -0.4 is 0 Å². The summed E-state index contributed by atoms with van der Waals surface area (Å²) in [5.74, 6) is 0. The largest absolute Gasteiger partial charge is 0.487 e. The van der Waals surface area contributed by atoms with Crippen molar-refractivity contribution in [2.45, 2.75) is 13.3 Å². The third-order valence-electron chi connectivity index (χ3n) is 1.08. The van der Waals surface area contributed by atoms with Crippen molar-refractivity contribution >= 4 is 12.6 Å². The maximum atomic E-state index is 5.01. The predicted molar refractivity (Wildman–Crippen MR) is 32.3 cm³/mol. The Hall–Kier alpha value is -0.110. The quantitative estimate of drug-likeness (QED) is 0.473. The molecule has 0 aromatic heterocycles. The SMILES string of the molecule is CC1=C(S)OCC1. The number of rotatable bonds is 0. The monoisotopic (exact) mass is 116 g/mol. The first-order valence-corrected chi connectivity index (χ1v) is 2.77. The molecular weight excluding hydrogens is 108 g/mol. The number of thiol groups is 1. The Labute approximate surface area is 48.8 Å². The van der Waals surface area contributed by atoms with Crippen LogP contribution in [0.15, 0.2) is 10.7 Å². The third kappa shape index (κ3) is 0.911. The molecule has 0 aromatic carbocycles. The van der Waals surface area contributed by atoms with Crippen LogP contribution in [0.4, 0.5) is 0 Å². The van der Waals surface area contributed by atoms with Gasteiger partial charge in [-0.05, 0) is 12.5 Å². The minimum atomic E-state index is 0.819. The Morgan fingerprint density at radius 3 is 2.57 bits per heavy atom. The summed E-state index contributed by atoms with van der Waals surface area (Å²) < 4.78 is 5.01.